The van der Waals surface area contributed by atoms with Crippen molar-refractivity contribution >= 4 is 23.9 Å². The fourth-order valence-electron chi connectivity index (χ4n) is 1.77. The van der Waals surface area contributed by atoms with Crippen LogP contribution in [-0.2, 0) is 19.1 Å². The number of likely N-dealkylation sites (tertiary alicyclic amines) is 1. The number of nitrogens with one attached hydrogen (secondary N) is 1. The minimum Gasteiger partial charge on any atom is -0.478 e. The summed E-state index contributed by atoms with van der Waals surface area (Å²) in [6, 6.07) is -1.43. The number of carbonyl (C=O) groups excluding carboxylic acids is 3. The summed E-state index contributed by atoms with van der Waals surface area (Å²) in [5, 5.41) is 10.8. The van der Waals surface area contributed by atoms with Crippen LogP contribution in [0.1, 0.15) is 27.7 Å². The lowest BCUT2D eigenvalue weighted by Crippen LogP contribution is -2.71. The highest BCUT2D eigenvalue weighted by atomic mass is 16.6. The minimum absolute atomic E-state index is 0.573. The summed E-state index contributed by atoms with van der Waals surface area (Å²) in [6.07, 6.45) is 0.693. The molecular formula is C13H18N2O6. The molecule has 2 N–H and O–H groups in total. The fourth-order valence-corrected chi connectivity index (χ4v) is 1.77. The van der Waals surface area contributed by atoms with Crippen LogP contribution in [0.15, 0.2) is 12.2 Å². The van der Waals surface area contributed by atoms with E-state index < -0.39 is 41.6 Å². The molecule has 1 rings (SSSR count). The Kier molecular flexibility index (Phi) is 4.72. The molecule has 8 nitrogen and oxygen atoms in total. The van der Waals surface area contributed by atoms with Crippen LogP contribution in [0.5, 0.6) is 0 Å². The standard InChI is InChI=1S/C13H18N2O6/c1-7-10(14-12(20)21-13(2,3)4)11(19)15(7)8(16)5-6-9(17)18/h5-7,10H,1-4H3,(H,14,20)(H,17,18)/b6-5+/t7?,10-/m0/s1. The molecular weight excluding hydrogens is 280 g/mol. The van der Waals surface area contributed by atoms with Gasteiger partial charge in [-0.25, -0.2) is 9.59 Å². The van der Waals surface area contributed by atoms with Gasteiger partial charge in [-0.15, -0.1) is 0 Å². The van der Waals surface area contributed by atoms with Crippen LogP contribution in [0.3, 0.4) is 0 Å². The molecule has 21 heavy (non-hydrogen) atoms. The number of ether oxygens (including phenoxy) is 1. The van der Waals surface area contributed by atoms with E-state index in [1.165, 1.54) is 0 Å². The predicted molar refractivity (Wildman–Crippen MR) is 71.2 cm³/mol. The van der Waals surface area contributed by atoms with Gasteiger partial charge in [-0.1, -0.05) is 0 Å². The Labute approximate surface area is 121 Å². The van der Waals surface area contributed by atoms with Crippen LogP contribution in [0, 0.1) is 0 Å². The first kappa shape index (κ1) is 16.7. The van der Waals surface area contributed by atoms with Gasteiger partial charge in [-0.3, -0.25) is 14.5 Å². The molecule has 1 aliphatic heterocycles. The van der Waals surface area contributed by atoms with Crippen molar-refractivity contribution in [2.24, 2.45) is 0 Å². The summed E-state index contributed by atoms with van der Waals surface area (Å²) < 4.78 is 5.02. The van der Waals surface area contributed by atoms with Gasteiger partial charge in [0.15, 0.2) is 0 Å². The average molecular weight is 298 g/mol. The first-order chi connectivity index (χ1) is 9.53. The number of imide groups is 1. The smallest absolute Gasteiger partial charge is 0.408 e. The van der Waals surface area contributed by atoms with E-state index in [4.69, 9.17) is 9.84 Å². The first-order valence-electron chi connectivity index (χ1n) is 6.30. The molecule has 8 heteroatoms. The molecule has 0 aromatic heterocycles. The van der Waals surface area contributed by atoms with Gasteiger partial charge in [0.2, 0.25) is 0 Å². The number of amides is 3. The molecule has 0 radical (unpaired) electrons. The van der Waals surface area contributed by atoms with E-state index in [0.717, 1.165) is 11.0 Å². The van der Waals surface area contributed by atoms with Gasteiger partial charge in [0.1, 0.15) is 11.6 Å². The Morgan fingerprint density at radius 1 is 1.29 bits per heavy atom. The molecule has 1 fully saturated rings. The van der Waals surface area contributed by atoms with Crippen molar-refractivity contribution in [1.82, 2.24) is 10.2 Å². The molecule has 1 aliphatic rings. The summed E-state index contributed by atoms with van der Waals surface area (Å²) in [5.74, 6) is -2.63. The highest BCUT2D eigenvalue weighted by molar-refractivity contribution is 6.09. The van der Waals surface area contributed by atoms with Gasteiger partial charge in [0.25, 0.3) is 11.8 Å². The van der Waals surface area contributed by atoms with Crippen molar-refractivity contribution in [2.45, 2.75) is 45.4 Å². The van der Waals surface area contributed by atoms with Gasteiger partial charge in [0.05, 0.1) is 6.04 Å². The number of carboxylic acids is 1. The molecule has 1 heterocycles. The molecule has 116 valence electrons. The average Bonchev–Trinajstić information content (AvgIpc) is 2.31. The summed E-state index contributed by atoms with van der Waals surface area (Å²) in [5.41, 5.74) is -0.695. The normalized spacial score (nSPS) is 21.9. The van der Waals surface area contributed by atoms with Crippen LogP contribution in [0.4, 0.5) is 4.79 Å². The summed E-state index contributed by atoms with van der Waals surface area (Å²) >= 11 is 0. The monoisotopic (exact) mass is 298 g/mol. The highest BCUT2D eigenvalue weighted by Gasteiger charge is 2.48. The second kappa shape index (κ2) is 5.94. The van der Waals surface area contributed by atoms with E-state index in [-0.39, 0.29) is 0 Å². The molecule has 0 spiro atoms. The van der Waals surface area contributed by atoms with Crippen LogP contribution < -0.4 is 5.32 Å². The van der Waals surface area contributed by atoms with Crippen molar-refractivity contribution in [3.63, 3.8) is 0 Å². The third-order valence-electron chi connectivity index (χ3n) is 2.67. The molecule has 0 saturated carbocycles. The van der Waals surface area contributed by atoms with E-state index >= 15 is 0 Å². The molecule has 2 atom stereocenters. The Balaban J connectivity index is 2.60. The van der Waals surface area contributed by atoms with E-state index in [1.807, 2.05) is 0 Å². The molecule has 1 unspecified atom stereocenters. The minimum atomic E-state index is -1.28. The summed E-state index contributed by atoms with van der Waals surface area (Å²) in [6.45, 7) is 6.62. The third-order valence-corrected chi connectivity index (χ3v) is 2.67. The van der Waals surface area contributed by atoms with E-state index in [9.17, 15) is 19.2 Å². The van der Waals surface area contributed by atoms with E-state index in [2.05, 4.69) is 5.32 Å². The summed E-state index contributed by atoms with van der Waals surface area (Å²) in [4.78, 5) is 46.2. The zero-order valence-electron chi connectivity index (χ0n) is 12.2. The number of hydrogen-bond donors (Lipinski definition) is 2. The Morgan fingerprint density at radius 2 is 1.86 bits per heavy atom. The van der Waals surface area contributed by atoms with Crippen molar-refractivity contribution < 1.29 is 29.0 Å². The molecule has 0 aliphatic carbocycles. The van der Waals surface area contributed by atoms with Crippen molar-refractivity contribution in [3.05, 3.63) is 12.2 Å². The Hall–Kier alpha value is -2.38. The maximum Gasteiger partial charge on any atom is 0.408 e. The van der Waals surface area contributed by atoms with Gasteiger partial charge in [0, 0.05) is 12.2 Å². The molecule has 3 amide bonds. The first-order valence-corrected chi connectivity index (χ1v) is 6.30. The van der Waals surface area contributed by atoms with E-state index in [0.29, 0.717) is 6.08 Å². The number of rotatable bonds is 3. The topological polar surface area (TPSA) is 113 Å². The van der Waals surface area contributed by atoms with E-state index in [1.54, 1.807) is 27.7 Å². The van der Waals surface area contributed by atoms with Gasteiger partial charge in [-0.2, -0.15) is 0 Å². The lowest BCUT2D eigenvalue weighted by molar-refractivity contribution is -0.158. The number of carboxylic acid groups (broad SMARTS) is 1. The van der Waals surface area contributed by atoms with Crippen molar-refractivity contribution in [2.75, 3.05) is 0 Å². The summed E-state index contributed by atoms with van der Waals surface area (Å²) in [7, 11) is 0. The lowest BCUT2D eigenvalue weighted by Gasteiger charge is -2.43. The molecule has 0 aromatic carbocycles. The number of aliphatic carboxylic acids is 1. The zero-order valence-corrected chi connectivity index (χ0v) is 12.2. The van der Waals surface area contributed by atoms with Crippen LogP contribution in [0.25, 0.3) is 0 Å². The number of nitrogens with zero attached hydrogens (tertiary/aromatic N) is 1. The fraction of sp³-hybridized carbons (Fsp3) is 0.538. The second-order valence-electron chi connectivity index (χ2n) is 5.58. The van der Waals surface area contributed by atoms with Crippen LogP contribution >= 0.6 is 0 Å². The number of β-lactam (4-membered cyclic amide) rings is 1. The Morgan fingerprint density at radius 3 is 2.29 bits per heavy atom. The van der Waals surface area contributed by atoms with Crippen molar-refractivity contribution in [1.29, 1.82) is 0 Å². The molecule has 0 aromatic rings. The Bertz CT molecular complexity index is 505. The number of alkyl carbamates (subject to hydrolysis) is 1. The van der Waals surface area contributed by atoms with Gasteiger partial charge >= 0.3 is 12.1 Å². The second-order valence-corrected chi connectivity index (χ2v) is 5.58. The maximum absolute atomic E-state index is 11.8. The van der Waals surface area contributed by atoms with Gasteiger partial charge < -0.3 is 15.2 Å². The molecule has 0 bridgehead atoms. The van der Waals surface area contributed by atoms with Crippen LogP contribution in [0.2, 0.25) is 0 Å². The van der Waals surface area contributed by atoms with Crippen LogP contribution in [-0.4, -0.2) is 51.6 Å². The zero-order chi connectivity index (χ0) is 16.4. The maximum atomic E-state index is 11.8. The SMILES string of the molecule is CC1[C@H](NC(=O)OC(C)(C)C)C(=O)N1C(=O)/C=C/C(=O)O. The van der Waals surface area contributed by atoms with Gasteiger partial charge in [-0.05, 0) is 27.7 Å². The largest absolute Gasteiger partial charge is 0.478 e. The number of hydrogen-bond acceptors (Lipinski definition) is 5. The molecule has 1 saturated heterocycles. The number of carbonyl (C=O) groups is 4. The quantitative estimate of drug-likeness (QED) is 0.571. The van der Waals surface area contributed by atoms with Crippen molar-refractivity contribution in [3.8, 4) is 0 Å². The predicted octanol–water partition coefficient (Wildman–Crippen LogP) is 0.278. The lowest BCUT2D eigenvalue weighted by atomic mass is 9.96. The third kappa shape index (κ3) is 4.30. The highest BCUT2D eigenvalue weighted by Crippen LogP contribution is 2.21.